The Balaban J connectivity index is 2.20. The maximum absolute atomic E-state index is 10.1. The molecule has 1 aromatic rings. The molecule has 18 heavy (non-hydrogen) atoms. The van der Waals surface area contributed by atoms with Crippen LogP contribution in [0.5, 0.6) is 5.75 Å². The van der Waals surface area contributed by atoms with Gasteiger partial charge in [0.15, 0.2) is 0 Å². The molecule has 0 aliphatic rings. The summed E-state index contributed by atoms with van der Waals surface area (Å²) in [6.07, 6.45) is 4.11. The molecule has 0 unspecified atom stereocenters. The van der Waals surface area contributed by atoms with Crippen LogP contribution in [0, 0.1) is 0 Å². The van der Waals surface area contributed by atoms with Gasteiger partial charge in [-0.3, -0.25) is 0 Å². The molecule has 0 fully saturated rings. The van der Waals surface area contributed by atoms with Crippen LogP contribution in [0.2, 0.25) is 0 Å². The standard InChI is InChI=1S/C14H22N2O2/c15-8-2-1-3-13-4-6-14(7-5-13)18-12-10-16-9-11-17/h4-7,11,16H,1-3,8-10,12,15H2. The van der Waals surface area contributed by atoms with Gasteiger partial charge in [0.2, 0.25) is 0 Å². The van der Waals surface area contributed by atoms with E-state index in [2.05, 4.69) is 17.4 Å². The number of carbonyl (C=O) groups is 1. The average molecular weight is 250 g/mol. The van der Waals surface area contributed by atoms with E-state index in [1.54, 1.807) is 0 Å². The molecule has 0 aliphatic carbocycles. The first-order chi connectivity index (χ1) is 8.86. The van der Waals surface area contributed by atoms with Crippen molar-refractivity contribution in [1.82, 2.24) is 5.32 Å². The van der Waals surface area contributed by atoms with Crippen LogP contribution >= 0.6 is 0 Å². The van der Waals surface area contributed by atoms with E-state index in [1.165, 1.54) is 5.56 Å². The lowest BCUT2D eigenvalue weighted by Crippen LogP contribution is -2.22. The van der Waals surface area contributed by atoms with E-state index in [9.17, 15) is 4.79 Å². The van der Waals surface area contributed by atoms with Gasteiger partial charge in [-0.25, -0.2) is 0 Å². The van der Waals surface area contributed by atoms with Gasteiger partial charge in [0.1, 0.15) is 18.6 Å². The molecule has 0 amide bonds. The van der Waals surface area contributed by atoms with Crippen LogP contribution in [-0.2, 0) is 11.2 Å². The van der Waals surface area contributed by atoms with Crippen molar-refractivity contribution < 1.29 is 9.53 Å². The van der Waals surface area contributed by atoms with Crippen LogP contribution in [0.4, 0.5) is 0 Å². The Morgan fingerprint density at radius 3 is 2.67 bits per heavy atom. The van der Waals surface area contributed by atoms with Crippen LogP contribution in [0.15, 0.2) is 24.3 Å². The quantitative estimate of drug-likeness (QED) is 0.483. The number of carbonyl (C=O) groups excluding carboxylic acids is 1. The maximum Gasteiger partial charge on any atom is 0.133 e. The highest BCUT2D eigenvalue weighted by Crippen LogP contribution is 2.13. The Kier molecular flexibility index (Phi) is 7.84. The van der Waals surface area contributed by atoms with E-state index in [0.29, 0.717) is 19.7 Å². The molecule has 0 atom stereocenters. The van der Waals surface area contributed by atoms with E-state index in [4.69, 9.17) is 10.5 Å². The number of nitrogens with two attached hydrogens (primary N) is 1. The first-order valence-corrected chi connectivity index (χ1v) is 6.43. The number of benzene rings is 1. The van der Waals surface area contributed by atoms with Crippen LogP contribution < -0.4 is 15.8 Å². The van der Waals surface area contributed by atoms with Crippen molar-refractivity contribution in [3.05, 3.63) is 29.8 Å². The van der Waals surface area contributed by atoms with Crippen LogP contribution in [0.1, 0.15) is 18.4 Å². The highest BCUT2D eigenvalue weighted by Gasteiger charge is 1.96. The molecule has 0 aromatic heterocycles. The van der Waals surface area contributed by atoms with Gasteiger partial charge in [0.25, 0.3) is 0 Å². The number of hydrogen-bond donors (Lipinski definition) is 2. The van der Waals surface area contributed by atoms with Gasteiger partial charge in [-0.15, -0.1) is 0 Å². The molecule has 100 valence electrons. The van der Waals surface area contributed by atoms with Crippen molar-refractivity contribution >= 4 is 6.29 Å². The zero-order chi connectivity index (χ0) is 13.1. The van der Waals surface area contributed by atoms with Crippen molar-refractivity contribution in [3.8, 4) is 5.75 Å². The van der Waals surface area contributed by atoms with Crippen LogP contribution in [0.25, 0.3) is 0 Å². The molecule has 0 saturated heterocycles. The first kappa shape index (κ1) is 14.7. The summed E-state index contributed by atoms with van der Waals surface area (Å²) in [5.41, 5.74) is 6.77. The zero-order valence-corrected chi connectivity index (χ0v) is 10.7. The summed E-state index contributed by atoms with van der Waals surface area (Å²) in [6, 6.07) is 8.14. The second-order valence-corrected chi connectivity index (χ2v) is 4.11. The molecule has 0 spiro atoms. The monoisotopic (exact) mass is 250 g/mol. The molecule has 1 aromatic carbocycles. The maximum atomic E-state index is 10.1. The Morgan fingerprint density at radius 1 is 1.22 bits per heavy atom. The normalized spacial score (nSPS) is 10.3. The van der Waals surface area contributed by atoms with Gasteiger partial charge in [0, 0.05) is 6.54 Å². The molecular weight excluding hydrogens is 228 g/mol. The van der Waals surface area contributed by atoms with E-state index in [0.717, 1.165) is 37.8 Å². The number of rotatable bonds is 10. The number of aryl methyl sites for hydroxylation is 1. The summed E-state index contributed by atoms with van der Waals surface area (Å²) in [6.45, 7) is 2.38. The minimum Gasteiger partial charge on any atom is -0.492 e. The van der Waals surface area contributed by atoms with E-state index in [1.807, 2.05) is 12.1 Å². The summed E-state index contributed by atoms with van der Waals surface area (Å²) in [5, 5.41) is 2.95. The fraction of sp³-hybridized carbons (Fsp3) is 0.500. The molecule has 0 heterocycles. The Morgan fingerprint density at radius 2 is 2.00 bits per heavy atom. The number of nitrogens with one attached hydrogen (secondary N) is 1. The van der Waals surface area contributed by atoms with Gasteiger partial charge in [-0.05, 0) is 43.5 Å². The number of hydrogen-bond acceptors (Lipinski definition) is 4. The predicted molar refractivity (Wildman–Crippen MR) is 72.9 cm³/mol. The van der Waals surface area contributed by atoms with Gasteiger partial charge >= 0.3 is 0 Å². The lowest BCUT2D eigenvalue weighted by molar-refractivity contribution is -0.107. The van der Waals surface area contributed by atoms with Gasteiger partial charge in [-0.1, -0.05) is 12.1 Å². The van der Waals surface area contributed by atoms with E-state index < -0.39 is 0 Å². The minimum atomic E-state index is 0.378. The minimum absolute atomic E-state index is 0.378. The van der Waals surface area contributed by atoms with Gasteiger partial charge in [-0.2, -0.15) is 0 Å². The molecule has 0 radical (unpaired) electrons. The first-order valence-electron chi connectivity index (χ1n) is 6.43. The summed E-state index contributed by atoms with van der Waals surface area (Å²) < 4.78 is 5.53. The fourth-order valence-electron chi connectivity index (χ4n) is 1.63. The topological polar surface area (TPSA) is 64.3 Å². The molecular formula is C14H22N2O2. The average Bonchev–Trinajstić information content (AvgIpc) is 2.40. The lowest BCUT2D eigenvalue weighted by atomic mass is 10.1. The summed E-state index contributed by atoms with van der Waals surface area (Å²) in [7, 11) is 0. The molecule has 0 saturated carbocycles. The van der Waals surface area contributed by atoms with Crippen molar-refractivity contribution in [2.45, 2.75) is 19.3 Å². The summed E-state index contributed by atoms with van der Waals surface area (Å²) >= 11 is 0. The second-order valence-electron chi connectivity index (χ2n) is 4.11. The van der Waals surface area contributed by atoms with E-state index >= 15 is 0 Å². The van der Waals surface area contributed by atoms with Gasteiger partial charge in [0.05, 0.1) is 6.54 Å². The summed E-state index contributed by atoms with van der Waals surface area (Å²) in [4.78, 5) is 10.1. The molecule has 0 aliphatic heterocycles. The fourth-order valence-corrected chi connectivity index (χ4v) is 1.63. The number of unbranched alkanes of at least 4 members (excludes halogenated alkanes) is 1. The third kappa shape index (κ3) is 6.37. The zero-order valence-electron chi connectivity index (χ0n) is 10.7. The van der Waals surface area contributed by atoms with Crippen molar-refractivity contribution in [2.75, 3.05) is 26.2 Å². The van der Waals surface area contributed by atoms with Crippen molar-refractivity contribution in [2.24, 2.45) is 5.73 Å². The number of ether oxygens (including phenoxy) is 1. The molecule has 4 nitrogen and oxygen atoms in total. The van der Waals surface area contributed by atoms with Gasteiger partial charge < -0.3 is 20.6 Å². The third-order valence-corrected chi connectivity index (χ3v) is 2.62. The molecule has 1 rings (SSSR count). The SMILES string of the molecule is NCCCCc1ccc(OCCNCC=O)cc1. The molecule has 4 heteroatoms. The molecule has 0 bridgehead atoms. The smallest absolute Gasteiger partial charge is 0.133 e. The molecule has 3 N–H and O–H groups in total. The lowest BCUT2D eigenvalue weighted by Gasteiger charge is -2.07. The van der Waals surface area contributed by atoms with E-state index in [-0.39, 0.29) is 0 Å². The largest absolute Gasteiger partial charge is 0.492 e. The highest BCUT2D eigenvalue weighted by molar-refractivity contribution is 5.51. The van der Waals surface area contributed by atoms with Crippen molar-refractivity contribution in [3.63, 3.8) is 0 Å². The summed E-state index contributed by atoms with van der Waals surface area (Å²) in [5.74, 6) is 0.866. The van der Waals surface area contributed by atoms with Crippen LogP contribution in [0.3, 0.4) is 0 Å². The Bertz CT molecular complexity index is 325. The van der Waals surface area contributed by atoms with Crippen molar-refractivity contribution in [1.29, 1.82) is 0 Å². The Hall–Kier alpha value is -1.39. The highest BCUT2D eigenvalue weighted by atomic mass is 16.5. The predicted octanol–water partition coefficient (Wildman–Crippen LogP) is 1.14. The second kappa shape index (κ2) is 9.62. The van der Waals surface area contributed by atoms with Crippen LogP contribution in [-0.4, -0.2) is 32.5 Å². The Labute approximate surface area is 109 Å². The third-order valence-electron chi connectivity index (χ3n) is 2.62. The number of aldehydes is 1.